The Hall–Kier alpha value is -2.66. The number of amides is 1. The van der Waals surface area contributed by atoms with Crippen LogP contribution >= 0.6 is 0 Å². The molecule has 1 N–H and O–H groups in total. The lowest BCUT2D eigenvalue weighted by Crippen LogP contribution is -2.36. The second-order valence-electron chi connectivity index (χ2n) is 6.20. The van der Waals surface area contributed by atoms with Crippen LogP contribution in [0.15, 0.2) is 54.6 Å². The van der Waals surface area contributed by atoms with E-state index in [9.17, 15) is 9.59 Å². The summed E-state index contributed by atoms with van der Waals surface area (Å²) >= 11 is 0. The monoisotopic (exact) mass is 355 g/mol. The lowest BCUT2D eigenvalue weighted by Gasteiger charge is -2.14. The van der Waals surface area contributed by atoms with Crippen LogP contribution in [0, 0.1) is 0 Å². The van der Waals surface area contributed by atoms with Crippen molar-refractivity contribution < 1.29 is 19.1 Å². The first kappa shape index (κ1) is 19.7. The second-order valence-corrected chi connectivity index (χ2v) is 6.20. The van der Waals surface area contributed by atoms with Crippen molar-refractivity contribution in [1.29, 1.82) is 0 Å². The number of esters is 1. The van der Waals surface area contributed by atoms with E-state index < -0.39 is 5.97 Å². The lowest BCUT2D eigenvalue weighted by atomic mass is 10.1. The summed E-state index contributed by atoms with van der Waals surface area (Å²) in [4.78, 5) is 23.9. The number of benzene rings is 2. The van der Waals surface area contributed by atoms with Crippen molar-refractivity contribution >= 4 is 11.9 Å². The Morgan fingerprint density at radius 3 is 2.35 bits per heavy atom. The maximum absolute atomic E-state index is 12.0. The molecule has 0 aliphatic heterocycles. The smallest absolute Gasteiger partial charge is 0.338 e. The van der Waals surface area contributed by atoms with Gasteiger partial charge in [0, 0.05) is 13.2 Å². The maximum atomic E-state index is 12.0. The molecular weight excluding hydrogens is 330 g/mol. The first-order valence-electron chi connectivity index (χ1n) is 8.66. The van der Waals surface area contributed by atoms with Gasteiger partial charge in [0.25, 0.3) is 5.91 Å². The van der Waals surface area contributed by atoms with Crippen LogP contribution in [0.3, 0.4) is 0 Å². The predicted molar refractivity (Wildman–Crippen MR) is 99.8 cm³/mol. The molecule has 0 heterocycles. The third kappa shape index (κ3) is 6.69. The first-order valence-corrected chi connectivity index (χ1v) is 8.66. The minimum absolute atomic E-state index is 0.00901. The maximum Gasteiger partial charge on any atom is 0.338 e. The highest BCUT2D eigenvalue weighted by Crippen LogP contribution is 2.07. The summed E-state index contributed by atoms with van der Waals surface area (Å²) in [6.07, 6.45) is 1.71. The van der Waals surface area contributed by atoms with Gasteiger partial charge in [-0.1, -0.05) is 42.5 Å². The Kier molecular flexibility index (Phi) is 7.83. The van der Waals surface area contributed by atoms with Crippen LogP contribution in [0.1, 0.15) is 34.8 Å². The summed E-state index contributed by atoms with van der Waals surface area (Å²) in [6.45, 7) is 2.14. The van der Waals surface area contributed by atoms with Crippen molar-refractivity contribution in [3.05, 3.63) is 71.3 Å². The molecule has 26 heavy (non-hydrogen) atoms. The van der Waals surface area contributed by atoms with Crippen LogP contribution in [0.25, 0.3) is 0 Å². The average Bonchev–Trinajstić information content (AvgIpc) is 2.66. The zero-order chi connectivity index (χ0) is 18.8. The summed E-state index contributed by atoms with van der Waals surface area (Å²) < 4.78 is 10.1. The topological polar surface area (TPSA) is 64.6 Å². The van der Waals surface area contributed by atoms with Crippen molar-refractivity contribution in [3.8, 4) is 0 Å². The Morgan fingerprint density at radius 1 is 1.00 bits per heavy atom. The number of aryl methyl sites for hydroxylation is 1. The Bertz CT molecular complexity index is 698. The van der Waals surface area contributed by atoms with Crippen molar-refractivity contribution in [3.63, 3.8) is 0 Å². The first-order chi connectivity index (χ1) is 12.6. The number of carbonyl (C=O) groups excluding carboxylic acids is 2. The fourth-order valence-corrected chi connectivity index (χ4v) is 2.53. The predicted octanol–water partition coefficient (Wildman–Crippen LogP) is 3.13. The van der Waals surface area contributed by atoms with E-state index in [0.29, 0.717) is 12.2 Å². The van der Waals surface area contributed by atoms with E-state index in [-0.39, 0.29) is 18.6 Å². The SMILES string of the molecule is COCc1ccc(C(=O)OCC(=O)N[C@@H](C)CCc2ccccc2)cc1. The Balaban J connectivity index is 1.70. The largest absolute Gasteiger partial charge is 0.452 e. The highest BCUT2D eigenvalue weighted by molar-refractivity contribution is 5.91. The molecule has 0 bridgehead atoms. The van der Waals surface area contributed by atoms with E-state index in [1.54, 1.807) is 31.4 Å². The molecule has 0 aliphatic rings. The zero-order valence-corrected chi connectivity index (χ0v) is 15.2. The van der Waals surface area contributed by atoms with E-state index in [1.165, 1.54) is 5.56 Å². The van der Waals surface area contributed by atoms with Crippen LogP contribution in [0.2, 0.25) is 0 Å². The van der Waals surface area contributed by atoms with Gasteiger partial charge in [0.05, 0.1) is 12.2 Å². The lowest BCUT2D eigenvalue weighted by molar-refractivity contribution is -0.124. The van der Waals surface area contributed by atoms with Gasteiger partial charge in [-0.25, -0.2) is 4.79 Å². The van der Waals surface area contributed by atoms with Crippen molar-refractivity contribution in [2.45, 2.75) is 32.4 Å². The van der Waals surface area contributed by atoms with Crippen LogP contribution in [-0.2, 0) is 27.3 Å². The third-order valence-electron chi connectivity index (χ3n) is 3.95. The van der Waals surface area contributed by atoms with Crippen molar-refractivity contribution in [2.24, 2.45) is 0 Å². The van der Waals surface area contributed by atoms with Gasteiger partial charge in [-0.3, -0.25) is 4.79 Å². The van der Waals surface area contributed by atoms with Gasteiger partial charge < -0.3 is 14.8 Å². The van der Waals surface area contributed by atoms with E-state index >= 15 is 0 Å². The van der Waals surface area contributed by atoms with Gasteiger partial charge in [0.2, 0.25) is 0 Å². The van der Waals surface area contributed by atoms with E-state index in [2.05, 4.69) is 17.4 Å². The molecule has 0 saturated carbocycles. The van der Waals surface area contributed by atoms with Crippen LogP contribution in [-0.4, -0.2) is 31.6 Å². The highest BCUT2D eigenvalue weighted by Gasteiger charge is 2.12. The van der Waals surface area contributed by atoms with Crippen LogP contribution in [0.4, 0.5) is 0 Å². The normalized spacial score (nSPS) is 11.6. The number of methoxy groups -OCH3 is 1. The van der Waals surface area contributed by atoms with Gasteiger partial charge in [0.1, 0.15) is 0 Å². The molecule has 2 rings (SSSR count). The van der Waals surface area contributed by atoms with Gasteiger partial charge in [-0.2, -0.15) is 0 Å². The molecule has 0 radical (unpaired) electrons. The third-order valence-corrected chi connectivity index (χ3v) is 3.95. The molecule has 0 aromatic heterocycles. The summed E-state index contributed by atoms with van der Waals surface area (Å²) in [7, 11) is 1.61. The number of hydrogen-bond acceptors (Lipinski definition) is 4. The van der Waals surface area contributed by atoms with Gasteiger partial charge in [-0.05, 0) is 43.0 Å². The minimum Gasteiger partial charge on any atom is -0.452 e. The van der Waals surface area contributed by atoms with Gasteiger partial charge >= 0.3 is 5.97 Å². The van der Waals surface area contributed by atoms with Gasteiger partial charge in [0.15, 0.2) is 6.61 Å². The van der Waals surface area contributed by atoms with E-state index in [0.717, 1.165) is 18.4 Å². The average molecular weight is 355 g/mol. The fraction of sp³-hybridized carbons (Fsp3) is 0.333. The molecule has 0 unspecified atom stereocenters. The molecule has 0 aliphatic carbocycles. The number of ether oxygens (including phenoxy) is 2. The van der Waals surface area contributed by atoms with Gasteiger partial charge in [-0.15, -0.1) is 0 Å². The summed E-state index contributed by atoms with van der Waals surface area (Å²) in [6, 6.07) is 17.0. The number of carbonyl (C=O) groups is 2. The Morgan fingerprint density at radius 2 is 1.69 bits per heavy atom. The molecule has 5 nitrogen and oxygen atoms in total. The molecule has 2 aromatic carbocycles. The molecule has 1 atom stereocenters. The number of rotatable bonds is 9. The molecule has 0 fully saturated rings. The highest BCUT2D eigenvalue weighted by atomic mass is 16.5. The molecule has 0 spiro atoms. The van der Waals surface area contributed by atoms with E-state index in [1.807, 2.05) is 25.1 Å². The molecular formula is C21H25NO4. The van der Waals surface area contributed by atoms with Crippen molar-refractivity contribution in [1.82, 2.24) is 5.32 Å². The standard InChI is InChI=1S/C21H25NO4/c1-16(8-9-17-6-4-3-5-7-17)22-20(23)15-26-21(24)19-12-10-18(11-13-19)14-25-2/h3-7,10-13,16H,8-9,14-15H2,1-2H3,(H,22,23)/t16-/m0/s1. The Labute approximate surface area is 154 Å². The molecule has 2 aromatic rings. The van der Waals surface area contributed by atoms with Crippen molar-refractivity contribution in [2.75, 3.05) is 13.7 Å². The van der Waals surface area contributed by atoms with Crippen LogP contribution in [0.5, 0.6) is 0 Å². The second kappa shape index (κ2) is 10.4. The number of hydrogen-bond donors (Lipinski definition) is 1. The minimum atomic E-state index is -0.513. The molecule has 5 heteroatoms. The molecule has 0 saturated heterocycles. The quantitative estimate of drug-likeness (QED) is 0.702. The summed E-state index contributed by atoms with van der Waals surface area (Å²) in [5.74, 6) is -0.809. The van der Waals surface area contributed by atoms with Crippen LogP contribution < -0.4 is 5.32 Å². The molecule has 1 amide bonds. The zero-order valence-electron chi connectivity index (χ0n) is 15.2. The van der Waals surface area contributed by atoms with E-state index in [4.69, 9.17) is 9.47 Å². The summed E-state index contributed by atoms with van der Waals surface area (Å²) in [5.41, 5.74) is 2.61. The molecule has 138 valence electrons. The number of nitrogens with one attached hydrogen (secondary N) is 1. The summed E-state index contributed by atoms with van der Waals surface area (Å²) in [5, 5.41) is 2.85. The fourth-order valence-electron chi connectivity index (χ4n) is 2.53.